The van der Waals surface area contributed by atoms with Crippen LogP contribution in [0.25, 0.3) is 6.08 Å². The summed E-state index contributed by atoms with van der Waals surface area (Å²) >= 11 is 4.50. The van der Waals surface area contributed by atoms with Crippen molar-refractivity contribution in [3.8, 4) is 0 Å². The van der Waals surface area contributed by atoms with Crippen molar-refractivity contribution in [1.82, 2.24) is 9.55 Å². The maximum absolute atomic E-state index is 11.7. The Bertz CT molecular complexity index is 568. The number of nitrogens with one attached hydrogen (secondary N) is 1. The van der Waals surface area contributed by atoms with E-state index in [-0.39, 0.29) is 12.0 Å². The standard InChI is InChI=1S/C10H11BrN2O4S/c11-2-1-6-3-13(10(16)12-9(6)15)7-5-18-8(4-14)17-7/h1-3,7-8,14H,4-5H2,(H,12,15,16)/b2-1+/t7?,8-/m0/s1. The van der Waals surface area contributed by atoms with Crippen LogP contribution in [0.15, 0.2) is 20.8 Å². The van der Waals surface area contributed by atoms with Crippen molar-refractivity contribution in [1.29, 1.82) is 0 Å². The molecule has 0 saturated carbocycles. The van der Waals surface area contributed by atoms with Gasteiger partial charge in [-0.15, -0.1) is 11.8 Å². The van der Waals surface area contributed by atoms with Gasteiger partial charge in [0.05, 0.1) is 12.2 Å². The Morgan fingerprint density at radius 2 is 2.44 bits per heavy atom. The molecule has 98 valence electrons. The topological polar surface area (TPSA) is 84.3 Å². The lowest BCUT2D eigenvalue weighted by Crippen LogP contribution is -2.34. The minimum absolute atomic E-state index is 0.104. The van der Waals surface area contributed by atoms with Crippen LogP contribution in [0.3, 0.4) is 0 Å². The number of nitrogens with zero attached hydrogens (tertiary/aromatic N) is 1. The minimum Gasteiger partial charge on any atom is -0.393 e. The molecule has 2 atom stereocenters. The maximum Gasteiger partial charge on any atom is 0.330 e. The van der Waals surface area contributed by atoms with E-state index in [1.165, 1.54) is 27.5 Å². The highest BCUT2D eigenvalue weighted by Crippen LogP contribution is 2.30. The van der Waals surface area contributed by atoms with Crippen molar-refractivity contribution in [3.05, 3.63) is 37.6 Å². The molecule has 18 heavy (non-hydrogen) atoms. The number of hydrogen-bond donors (Lipinski definition) is 2. The van der Waals surface area contributed by atoms with Gasteiger partial charge < -0.3 is 9.84 Å². The van der Waals surface area contributed by atoms with Crippen molar-refractivity contribution in [2.24, 2.45) is 0 Å². The summed E-state index contributed by atoms with van der Waals surface area (Å²) in [6.07, 6.45) is 2.52. The number of ether oxygens (including phenoxy) is 1. The number of aromatic amines is 1. The van der Waals surface area contributed by atoms with Gasteiger partial charge in [0.15, 0.2) is 0 Å². The van der Waals surface area contributed by atoms with Crippen LogP contribution >= 0.6 is 27.7 Å². The number of halogens is 1. The van der Waals surface area contributed by atoms with Gasteiger partial charge in [0.25, 0.3) is 5.56 Å². The Morgan fingerprint density at radius 3 is 3.06 bits per heavy atom. The fraction of sp³-hybridized carbons (Fsp3) is 0.400. The van der Waals surface area contributed by atoms with E-state index in [4.69, 9.17) is 9.84 Å². The molecular weight excluding hydrogens is 324 g/mol. The second-order valence-electron chi connectivity index (χ2n) is 3.58. The highest BCUT2D eigenvalue weighted by molar-refractivity contribution is 9.11. The first-order valence-electron chi connectivity index (χ1n) is 5.16. The molecule has 1 aromatic rings. The third kappa shape index (κ3) is 2.77. The molecule has 0 aromatic carbocycles. The fourth-order valence-corrected chi connectivity index (χ4v) is 2.80. The smallest absolute Gasteiger partial charge is 0.330 e. The number of aliphatic hydroxyl groups excluding tert-OH is 1. The molecule has 1 fully saturated rings. The normalized spacial score (nSPS) is 23.9. The third-order valence-corrected chi connectivity index (χ3v) is 3.80. The van der Waals surface area contributed by atoms with Crippen molar-refractivity contribution in [2.45, 2.75) is 11.7 Å². The van der Waals surface area contributed by atoms with E-state index in [9.17, 15) is 9.59 Å². The van der Waals surface area contributed by atoms with Gasteiger partial charge in [-0.1, -0.05) is 15.9 Å². The minimum atomic E-state index is -0.518. The number of H-pyrrole nitrogens is 1. The molecule has 1 aromatic heterocycles. The Labute approximate surface area is 115 Å². The molecule has 0 spiro atoms. The molecule has 2 N–H and O–H groups in total. The summed E-state index contributed by atoms with van der Waals surface area (Å²) in [6, 6.07) is 0. The van der Waals surface area contributed by atoms with E-state index >= 15 is 0 Å². The van der Waals surface area contributed by atoms with Crippen LogP contribution in [0.5, 0.6) is 0 Å². The van der Waals surface area contributed by atoms with Crippen LogP contribution < -0.4 is 11.2 Å². The first-order valence-corrected chi connectivity index (χ1v) is 7.12. The SMILES string of the molecule is O=c1[nH]c(=O)n(C2CS[C@@H](CO)O2)cc1/C=C/Br. The van der Waals surface area contributed by atoms with Crippen LogP contribution in [-0.4, -0.2) is 32.5 Å². The van der Waals surface area contributed by atoms with E-state index in [0.29, 0.717) is 11.3 Å². The average molecular weight is 335 g/mol. The molecule has 6 nitrogen and oxygen atoms in total. The Hall–Kier alpha value is -0.830. The van der Waals surface area contributed by atoms with Crippen LogP contribution in [-0.2, 0) is 4.74 Å². The Balaban J connectivity index is 2.36. The number of aliphatic hydroxyl groups is 1. The van der Waals surface area contributed by atoms with Gasteiger partial charge in [-0.05, 0) is 11.1 Å². The first-order chi connectivity index (χ1) is 8.65. The van der Waals surface area contributed by atoms with Gasteiger partial charge in [-0.2, -0.15) is 0 Å². The summed E-state index contributed by atoms with van der Waals surface area (Å²) < 4.78 is 6.79. The third-order valence-electron chi connectivity index (χ3n) is 2.43. The van der Waals surface area contributed by atoms with Crippen LogP contribution in [0, 0.1) is 0 Å². The largest absolute Gasteiger partial charge is 0.393 e. The predicted octanol–water partition coefficient (Wildman–Crippen LogP) is 0.483. The molecule has 0 aliphatic carbocycles. The summed E-state index contributed by atoms with van der Waals surface area (Å²) in [5.41, 5.74) is -0.941. The second kappa shape index (κ2) is 5.87. The van der Waals surface area contributed by atoms with Gasteiger partial charge in [-0.25, -0.2) is 4.79 Å². The average Bonchev–Trinajstić information content (AvgIpc) is 2.81. The summed E-state index contributed by atoms with van der Waals surface area (Å²) in [5.74, 6) is 0.550. The lowest BCUT2D eigenvalue weighted by Gasteiger charge is -2.13. The Kier molecular flexibility index (Phi) is 4.44. The lowest BCUT2D eigenvalue weighted by atomic mass is 10.3. The maximum atomic E-state index is 11.7. The molecular formula is C10H11BrN2O4S. The monoisotopic (exact) mass is 334 g/mol. The predicted molar refractivity (Wildman–Crippen MR) is 72.7 cm³/mol. The van der Waals surface area contributed by atoms with E-state index in [2.05, 4.69) is 20.9 Å². The Morgan fingerprint density at radius 1 is 1.67 bits per heavy atom. The van der Waals surface area contributed by atoms with Crippen molar-refractivity contribution >= 4 is 33.8 Å². The fourth-order valence-electron chi connectivity index (χ4n) is 1.59. The second-order valence-corrected chi connectivity index (χ2v) is 5.30. The zero-order valence-electron chi connectivity index (χ0n) is 9.21. The molecule has 2 rings (SSSR count). The van der Waals surface area contributed by atoms with Crippen LogP contribution in [0.1, 0.15) is 11.8 Å². The van der Waals surface area contributed by atoms with Crippen molar-refractivity contribution in [2.75, 3.05) is 12.4 Å². The molecule has 1 saturated heterocycles. The first kappa shape index (κ1) is 13.6. The van der Waals surface area contributed by atoms with Gasteiger partial charge in [0.2, 0.25) is 0 Å². The van der Waals surface area contributed by atoms with Crippen LogP contribution in [0.4, 0.5) is 0 Å². The quantitative estimate of drug-likeness (QED) is 0.840. The van der Waals surface area contributed by atoms with Gasteiger partial charge in [0.1, 0.15) is 11.7 Å². The molecule has 1 aliphatic rings. The summed E-state index contributed by atoms with van der Waals surface area (Å²) in [6.45, 7) is -0.104. The van der Waals surface area contributed by atoms with E-state index < -0.39 is 17.5 Å². The zero-order chi connectivity index (χ0) is 13.1. The van der Waals surface area contributed by atoms with Gasteiger partial charge >= 0.3 is 5.69 Å². The van der Waals surface area contributed by atoms with Gasteiger partial charge in [-0.3, -0.25) is 14.3 Å². The van der Waals surface area contributed by atoms with Gasteiger partial charge in [0, 0.05) is 11.9 Å². The van der Waals surface area contributed by atoms with E-state index in [1.807, 2.05) is 0 Å². The molecule has 0 bridgehead atoms. The van der Waals surface area contributed by atoms with E-state index in [0.717, 1.165) is 0 Å². The van der Waals surface area contributed by atoms with E-state index in [1.54, 1.807) is 6.08 Å². The molecule has 1 aliphatic heterocycles. The highest BCUT2D eigenvalue weighted by atomic mass is 79.9. The lowest BCUT2D eigenvalue weighted by molar-refractivity contribution is -0.00643. The number of hydrogen-bond acceptors (Lipinski definition) is 5. The number of thioether (sulfide) groups is 1. The molecule has 1 unspecified atom stereocenters. The highest BCUT2D eigenvalue weighted by Gasteiger charge is 2.27. The summed E-state index contributed by atoms with van der Waals surface area (Å²) in [7, 11) is 0. The molecule has 8 heteroatoms. The zero-order valence-corrected chi connectivity index (χ0v) is 11.6. The number of rotatable bonds is 3. The van der Waals surface area contributed by atoms with Crippen molar-refractivity contribution in [3.63, 3.8) is 0 Å². The molecule has 2 heterocycles. The van der Waals surface area contributed by atoms with Crippen molar-refractivity contribution < 1.29 is 9.84 Å². The van der Waals surface area contributed by atoms with Crippen LogP contribution in [0.2, 0.25) is 0 Å². The summed E-state index contributed by atoms with van der Waals surface area (Å²) in [4.78, 5) is 27.0. The summed E-state index contributed by atoms with van der Waals surface area (Å²) in [5, 5.41) is 8.97. The number of aromatic nitrogens is 2. The molecule has 0 radical (unpaired) electrons. The molecule has 0 amide bonds.